The van der Waals surface area contributed by atoms with E-state index in [2.05, 4.69) is 20.8 Å². The maximum absolute atomic E-state index is 12.6. The van der Waals surface area contributed by atoms with Gasteiger partial charge in [0.05, 0.1) is 0 Å². The van der Waals surface area contributed by atoms with Gasteiger partial charge in [-0.15, -0.1) is 0 Å². The molecule has 0 saturated heterocycles. The number of esters is 1. The number of ketones is 1. The summed E-state index contributed by atoms with van der Waals surface area (Å²) in [5.74, 6) is 2.25. The van der Waals surface area contributed by atoms with E-state index in [1.165, 1.54) is 63.4 Å². The first-order valence-electron chi connectivity index (χ1n) is 14.0. The molecule has 3 nitrogen and oxygen atoms in total. The van der Waals surface area contributed by atoms with Crippen molar-refractivity contribution in [2.45, 2.75) is 123 Å². The molecule has 0 aromatic heterocycles. The van der Waals surface area contributed by atoms with Crippen molar-refractivity contribution in [1.29, 1.82) is 0 Å². The lowest BCUT2D eigenvalue weighted by Crippen LogP contribution is -2.51. The zero-order valence-electron chi connectivity index (χ0n) is 21.4. The van der Waals surface area contributed by atoms with Crippen molar-refractivity contribution in [3.05, 3.63) is 23.8 Å². The molecule has 0 N–H and O–H groups in total. The molecule has 0 aromatic carbocycles. The van der Waals surface area contributed by atoms with Crippen molar-refractivity contribution in [1.82, 2.24) is 0 Å². The molecule has 33 heavy (non-hydrogen) atoms. The van der Waals surface area contributed by atoms with Crippen molar-refractivity contribution in [3.63, 3.8) is 0 Å². The van der Waals surface area contributed by atoms with Gasteiger partial charge in [0, 0.05) is 17.9 Å². The van der Waals surface area contributed by atoms with Crippen LogP contribution >= 0.6 is 0 Å². The molecule has 4 rings (SSSR count). The van der Waals surface area contributed by atoms with Gasteiger partial charge in [0.15, 0.2) is 5.78 Å². The Morgan fingerprint density at radius 1 is 1.00 bits per heavy atom. The van der Waals surface area contributed by atoms with Crippen LogP contribution in [0.25, 0.3) is 0 Å². The molecule has 0 unspecified atom stereocenters. The predicted octanol–water partition coefficient (Wildman–Crippen LogP) is 7.74. The van der Waals surface area contributed by atoms with Gasteiger partial charge in [-0.1, -0.05) is 64.5 Å². The minimum absolute atomic E-state index is 0.0623. The first-order valence-corrected chi connectivity index (χ1v) is 14.0. The second-order valence-electron chi connectivity index (χ2n) is 12.0. The number of hydrogen-bond donors (Lipinski definition) is 0. The number of hydrogen-bond acceptors (Lipinski definition) is 3. The summed E-state index contributed by atoms with van der Waals surface area (Å²) in [6.07, 6.45) is 23.0. The minimum Gasteiger partial charge on any atom is -0.459 e. The Morgan fingerprint density at radius 2 is 1.79 bits per heavy atom. The second kappa shape index (κ2) is 10.5. The highest BCUT2D eigenvalue weighted by molar-refractivity contribution is 5.91. The highest BCUT2D eigenvalue weighted by Gasteiger charge is 2.59. The van der Waals surface area contributed by atoms with E-state index < -0.39 is 0 Å². The molecule has 0 heterocycles. The second-order valence-corrected chi connectivity index (χ2v) is 12.0. The smallest absolute Gasteiger partial charge is 0.330 e. The van der Waals surface area contributed by atoms with Gasteiger partial charge in [-0.2, -0.15) is 0 Å². The predicted molar refractivity (Wildman–Crippen MR) is 134 cm³/mol. The molecule has 0 spiro atoms. The van der Waals surface area contributed by atoms with Crippen molar-refractivity contribution < 1.29 is 14.3 Å². The molecule has 3 fully saturated rings. The van der Waals surface area contributed by atoms with Crippen LogP contribution in [0.3, 0.4) is 0 Å². The van der Waals surface area contributed by atoms with E-state index in [1.807, 2.05) is 12.2 Å². The summed E-state index contributed by atoms with van der Waals surface area (Å²) < 4.78 is 6.09. The van der Waals surface area contributed by atoms with E-state index in [0.29, 0.717) is 23.5 Å². The molecule has 0 radical (unpaired) electrons. The fraction of sp³-hybridized carbons (Fsp3) is 0.800. The van der Waals surface area contributed by atoms with Crippen molar-refractivity contribution in [2.75, 3.05) is 0 Å². The highest BCUT2D eigenvalue weighted by Crippen LogP contribution is 2.65. The van der Waals surface area contributed by atoms with Crippen molar-refractivity contribution >= 4 is 11.8 Å². The monoisotopic (exact) mass is 454 g/mol. The van der Waals surface area contributed by atoms with Crippen LogP contribution in [0, 0.1) is 28.6 Å². The number of ether oxygens (including phenoxy) is 1. The molecule has 3 saturated carbocycles. The van der Waals surface area contributed by atoms with Crippen molar-refractivity contribution in [2.24, 2.45) is 28.6 Å². The average molecular weight is 455 g/mol. The fourth-order valence-electron chi connectivity index (χ4n) is 8.11. The van der Waals surface area contributed by atoms with Gasteiger partial charge in [0.25, 0.3) is 0 Å². The largest absolute Gasteiger partial charge is 0.459 e. The summed E-state index contributed by atoms with van der Waals surface area (Å²) in [5, 5.41) is 0. The Bertz CT molecular complexity index is 779. The quantitative estimate of drug-likeness (QED) is 0.203. The van der Waals surface area contributed by atoms with E-state index in [1.54, 1.807) is 6.08 Å². The Kier molecular flexibility index (Phi) is 7.86. The zero-order valence-corrected chi connectivity index (χ0v) is 21.4. The standard InChI is InChI=1S/C30H46O3/c1-4-5-6-7-8-9-10-11-12-28(32)33-27-16-15-25-24-14-13-22-21-23(31)17-19-29(22,2)26(24)18-20-30(25,27)3/h11-12,21,24-27H,4-10,13-20H2,1-3H3/b12-11+/t24-,25-,26-,27-,29-,30-/m0/s1. The summed E-state index contributed by atoms with van der Waals surface area (Å²) in [6, 6.07) is 0. The fourth-order valence-corrected chi connectivity index (χ4v) is 8.11. The SMILES string of the molecule is CCCCCCCC/C=C/C(=O)O[C@H]1CC[C@H]2[C@@H]3CCC4=CC(=O)CC[C@]4(C)[C@H]3CC[C@]12C. The molecular formula is C30H46O3. The van der Waals surface area contributed by atoms with Crippen LogP contribution in [0.1, 0.15) is 117 Å². The Morgan fingerprint density at radius 3 is 2.61 bits per heavy atom. The zero-order chi connectivity index (χ0) is 23.5. The minimum atomic E-state index is -0.137. The van der Waals surface area contributed by atoms with E-state index in [4.69, 9.17) is 4.74 Å². The average Bonchev–Trinajstić information content (AvgIpc) is 3.12. The van der Waals surface area contributed by atoms with Gasteiger partial charge < -0.3 is 4.74 Å². The molecular weight excluding hydrogens is 408 g/mol. The summed E-state index contributed by atoms with van der Waals surface area (Å²) in [5.41, 5.74) is 1.76. The van der Waals surface area contributed by atoms with Crippen LogP contribution in [-0.4, -0.2) is 17.9 Å². The third kappa shape index (κ3) is 5.03. The molecule has 0 bridgehead atoms. The number of carbonyl (C=O) groups excluding carboxylic acids is 2. The number of fused-ring (bicyclic) bond motifs is 5. The van der Waals surface area contributed by atoms with Crippen LogP contribution in [0.15, 0.2) is 23.8 Å². The number of rotatable bonds is 9. The maximum Gasteiger partial charge on any atom is 0.330 e. The molecule has 4 aliphatic carbocycles. The van der Waals surface area contributed by atoms with Gasteiger partial charge in [0.1, 0.15) is 6.10 Å². The molecule has 3 heteroatoms. The summed E-state index contributed by atoms with van der Waals surface area (Å²) in [4.78, 5) is 24.6. The Balaban J connectivity index is 1.31. The van der Waals surface area contributed by atoms with E-state index in [-0.39, 0.29) is 22.9 Å². The van der Waals surface area contributed by atoms with Crippen LogP contribution in [0.5, 0.6) is 0 Å². The third-order valence-electron chi connectivity index (χ3n) is 10.1. The van der Waals surface area contributed by atoms with Crippen molar-refractivity contribution in [3.8, 4) is 0 Å². The summed E-state index contributed by atoms with van der Waals surface area (Å²) >= 11 is 0. The molecule has 184 valence electrons. The van der Waals surface area contributed by atoms with Gasteiger partial charge in [-0.05, 0) is 87.0 Å². The van der Waals surface area contributed by atoms with Crippen LogP contribution in [0.4, 0.5) is 0 Å². The lowest BCUT2D eigenvalue weighted by atomic mass is 9.47. The topological polar surface area (TPSA) is 43.4 Å². The van der Waals surface area contributed by atoms with E-state index in [9.17, 15) is 9.59 Å². The highest BCUT2D eigenvalue weighted by atomic mass is 16.5. The maximum atomic E-state index is 12.6. The van der Waals surface area contributed by atoms with Gasteiger partial charge in [0.2, 0.25) is 0 Å². The van der Waals surface area contributed by atoms with Crippen LogP contribution in [-0.2, 0) is 14.3 Å². The Hall–Kier alpha value is -1.38. The Labute approximate surface area is 201 Å². The van der Waals surface area contributed by atoms with Gasteiger partial charge >= 0.3 is 5.97 Å². The lowest BCUT2D eigenvalue weighted by Gasteiger charge is -2.57. The molecule has 6 atom stereocenters. The van der Waals surface area contributed by atoms with Crippen LogP contribution in [0.2, 0.25) is 0 Å². The first kappa shape index (κ1) is 24.7. The molecule has 0 aliphatic heterocycles. The molecule has 4 aliphatic rings. The number of allylic oxidation sites excluding steroid dienone is 2. The molecule has 0 amide bonds. The van der Waals surface area contributed by atoms with Gasteiger partial charge in [-0.25, -0.2) is 4.79 Å². The summed E-state index contributed by atoms with van der Waals surface area (Å²) in [6.45, 7) is 7.08. The van der Waals surface area contributed by atoms with Crippen LogP contribution < -0.4 is 0 Å². The number of unbranched alkanes of at least 4 members (excludes halogenated alkanes) is 6. The van der Waals surface area contributed by atoms with E-state index >= 15 is 0 Å². The first-order chi connectivity index (χ1) is 15.9. The third-order valence-corrected chi connectivity index (χ3v) is 10.1. The lowest BCUT2D eigenvalue weighted by molar-refractivity contribution is -0.154. The molecule has 0 aromatic rings. The summed E-state index contributed by atoms with van der Waals surface area (Å²) in [7, 11) is 0. The van der Waals surface area contributed by atoms with Gasteiger partial charge in [-0.3, -0.25) is 4.79 Å². The van der Waals surface area contributed by atoms with E-state index in [0.717, 1.165) is 38.5 Å². The number of carbonyl (C=O) groups is 2. The normalized spacial score (nSPS) is 37.9.